The SMILES string of the molecule is COC(=O)C[C@H](c1cccc(O)c1)c1c(O)ccc2c(=O)c(-c3ccc(O)cc3)coc12. The lowest BCUT2D eigenvalue weighted by Crippen LogP contribution is -2.12. The number of benzene rings is 3. The minimum absolute atomic E-state index is 0.00633. The lowest BCUT2D eigenvalue weighted by Gasteiger charge is -2.19. The predicted molar refractivity (Wildman–Crippen MR) is 118 cm³/mol. The first kappa shape index (κ1) is 21.0. The fourth-order valence-corrected chi connectivity index (χ4v) is 3.77. The summed E-state index contributed by atoms with van der Waals surface area (Å²) < 4.78 is 10.7. The number of carbonyl (C=O) groups excluding carboxylic acids is 1. The van der Waals surface area contributed by atoms with Gasteiger partial charge in [0.2, 0.25) is 5.43 Å². The number of esters is 1. The predicted octanol–water partition coefficient (Wildman–Crippen LogP) is 4.27. The van der Waals surface area contributed by atoms with Crippen molar-refractivity contribution in [2.24, 2.45) is 0 Å². The molecule has 0 saturated heterocycles. The minimum atomic E-state index is -0.735. The van der Waals surface area contributed by atoms with E-state index in [1.54, 1.807) is 24.3 Å². The van der Waals surface area contributed by atoms with Crippen molar-refractivity contribution >= 4 is 16.9 Å². The molecule has 0 spiro atoms. The second-order valence-electron chi connectivity index (χ2n) is 7.33. The van der Waals surface area contributed by atoms with E-state index < -0.39 is 11.9 Å². The number of aromatic hydroxyl groups is 3. The first-order valence-corrected chi connectivity index (χ1v) is 9.81. The highest BCUT2D eigenvalue weighted by Crippen LogP contribution is 2.40. The van der Waals surface area contributed by atoms with Gasteiger partial charge < -0.3 is 24.5 Å². The van der Waals surface area contributed by atoms with Crippen LogP contribution >= 0.6 is 0 Å². The van der Waals surface area contributed by atoms with E-state index in [2.05, 4.69) is 0 Å². The molecule has 1 heterocycles. The Balaban J connectivity index is 1.94. The third-order valence-corrected chi connectivity index (χ3v) is 5.35. The second kappa shape index (κ2) is 8.47. The van der Waals surface area contributed by atoms with Crippen molar-refractivity contribution in [2.45, 2.75) is 12.3 Å². The summed E-state index contributed by atoms with van der Waals surface area (Å²) in [6, 6.07) is 15.3. The molecule has 0 bridgehead atoms. The molecule has 32 heavy (non-hydrogen) atoms. The van der Waals surface area contributed by atoms with E-state index in [1.165, 1.54) is 49.8 Å². The number of methoxy groups -OCH3 is 1. The Labute approximate surface area is 182 Å². The molecule has 0 radical (unpaired) electrons. The third kappa shape index (κ3) is 3.88. The monoisotopic (exact) mass is 432 g/mol. The maximum Gasteiger partial charge on any atom is 0.306 e. The Hall–Kier alpha value is -4.26. The van der Waals surface area contributed by atoms with Crippen molar-refractivity contribution in [3.05, 3.63) is 88.3 Å². The number of carbonyl (C=O) groups is 1. The van der Waals surface area contributed by atoms with Gasteiger partial charge >= 0.3 is 5.97 Å². The largest absolute Gasteiger partial charge is 0.508 e. The molecule has 162 valence electrons. The van der Waals surface area contributed by atoms with E-state index in [4.69, 9.17) is 9.15 Å². The molecule has 0 aliphatic rings. The molecule has 3 N–H and O–H groups in total. The zero-order valence-electron chi connectivity index (χ0n) is 17.1. The van der Waals surface area contributed by atoms with Gasteiger partial charge in [-0.2, -0.15) is 0 Å². The van der Waals surface area contributed by atoms with Crippen LogP contribution in [0.5, 0.6) is 17.2 Å². The summed E-state index contributed by atoms with van der Waals surface area (Å²) in [5.74, 6) is -1.36. The fourth-order valence-electron chi connectivity index (χ4n) is 3.77. The van der Waals surface area contributed by atoms with Gasteiger partial charge in [0.05, 0.1) is 24.5 Å². The van der Waals surface area contributed by atoms with Gasteiger partial charge in [-0.05, 0) is 47.5 Å². The Bertz CT molecular complexity index is 1350. The maximum atomic E-state index is 13.2. The van der Waals surface area contributed by atoms with E-state index in [0.717, 1.165) is 0 Å². The first-order chi connectivity index (χ1) is 15.4. The normalized spacial score (nSPS) is 11.9. The molecule has 0 amide bonds. The van der Waals surface area contributed by atoms with Gasteiger partial charge in [0.15, 0.2) is 0 Å². The number of hydrogen-bond donors (Lipinski definition) is 3. The molecule has 0 unspecified atom stereocenters. The molecular formula is C25H20O7. The summed E-state index contributed by atoms with van der Waals surface area (Å²) in [6.07, 6.45) is 1.15. The molecule has 7 nitrogen and oxygen atoms in total. The van der Waals surface area contributed by atoms with Gasteiger partial charge in [0.1, 0.15) is 29.1 Å². The van der Waals surface area contributed by atoms with Gasteiger partial charge in [-0.15, -0.1) is 0 Å². The van der Waals surface area contributed by atoms with Crippen LogP contribution in [0.25, 0.3) is 22.1 Å². The Morgan fingerprint density at radius 1 is 1.00 bits per heavy atom. The Morgan fingerprint density at radius 3 is 2.44 bits per heavy atom. The topological polar surface area (TPSA) is 117 Å². The summed E-state index contributed by atoms with van der Waals surface area (Å²) in [5, 5.41) is 30.4. The zero-order valence-corrected chi connectivity index (χ0v) is 17.1. The highest BCUT2D eigenvalue weighted by molar-refractivity contribution is 5.87. The van der Waals surface area contributed by atoms with Crippen molar-refractivity contribution < 1.29 is 29.3 Å². The molecule has 4 rings (SSSR count). The van der Waals surface area contributed by atoms with Crippen LogP contribution in [0, 0.1) is 0 Å². The number of ether oxygens (including phenoxy) is 1. The first-order valence-electron chi connectivity index (χ1n) is 9.81. The molecule has 4 aromatic rings. The number of phenols is 3. The van der Waals surface area contributed by atoms with Crippen LogP contribution in [0.1, 0.15) is 23.5 Å². The molecular weight excluding hydrogens is 412 g/mol. The summed E-state index contributed by atoms with van der Waals surface area (Å²) in [4.78, 5) is 25.4. The van der Waals surface area contributed by atoms with Gasteiger partial charge in [-0.3, -0.25) is 9.59 Å². The lowest BCUT2D eigenvalue weighted by atomic mass is 9.86. The maximum absolute atomic E-state index is 13.2. The van der Waals surface area contributed by atoms with E-state index >= 15 is 0 Å². The molecule has 0 aliphatic heterocycles. The molecule has 0 aliphatic carbocycles. The van der Waals surface area contributed by atoms with Gasteiger partial charge in [-0.25, -0.2) is 0 Å². The van der Waals surface area contributed by atoms with Gasteiger partial charge in [-0.1, -0.05) is 24.3 Å². The second-order valence-corrected chi connectivity index (χ2v) is 7.33. The number of hydrogen-bond acceptors (Lipinski definition) is 7. The smallest absolute Gasteiger partial charge is 0.306 e. The van der Waals surface area contributed by atoms with Crippen LogP contribution in [-0.2, 0) is 9.53 Å². The van der Waals surface area contributed by atoms with E-state index in [9.17, 15) is 24.9 Å². The van der Waals surface area contributed by atoms with Crippen LogP contribution in [0.4, 0.5) is 0 Å². The number of rotatable bonds is 5. The summed E-state index contributed by atoms with van der Waals surface area (Å²) in [5.41, 5.74) is 1.44. The average Bonchev–Trinajstić information content (AvgIpc) is 2.78. The number of fused-ring (bicyclic) bond motifs is 1. The Morgan fingerprint density at radius 2 is 1.75 bits per heavy atom. The highest BCUT2D eigenvalue weighted by atomic mass is 16.5. The Kier molecular flexibility index (Phi) is 5.55. The van der Waals surface area contributed by atoms with Crippen molar-refractivity contribution in [3.63, 3.8) is 0 Å². The molecule has 7 heteroatoms. The van der Waals surface area contributed by atoms with Crippen molar-refractivity contribution in [2.75, 3.05) is 7.11 Å². The van der Waals surface area contributed by atoms with E-state index in [0.29, 0.717) is 11.1 Å². The lowest BCUT2D eigenvalue weighted by molar-refractivity contribution is -0.140. The molecule has 0 saturated carbocycles. The van der Waals surface area contributed by atoms with Crippen molar-refractivity contribution in [3.8, 4) is 28.4 Å². The van der Waals surface area contributed by atoms with E-state index in [1.807, 2.05) is 0 Å². The van der Waals surface area contributed by atoms with Crippen molar-refractivity contribution in [1.29, 1.82) is 0 Å². The zero-order chi connectivity index (χ0) is 22.8. The quantitative estimate of drug-likeness (QED) is 0.403. The molecule has 3 aromatic carbocycles. The standard InChI is InChI=1S/C25H20O7/c1-31-22(29)12-19(15-3-2-4-17(27)11-15)23-21(28)10-9-18-24(30)20(13-32-25(18)23)14-5-7-16(26)8-6-14/h2-11,13,19,26-28H,12H2,1H3/t19-/m1/s1. The van der Waals surface area contributed by atoms with Gasteiger partial charge in [0, 0.05) is 11.5 Å². The summed E-state index contributed by atoms with van der Waals surface area (Å²) >= 11 is 0. The van der Waals surface area contributed by atoms with Crippen LogP contribution in [0.15, 0.2) is 76.1 Å². The van der Waals surface area contributed by atoms with E-state index in [-0.39, 0.29) is 51.2 Å². The summed E-state index contributed by atoms with van der Waals surface area (Å²) in [7, 11) is 1.26. The van der Waals surface area contributed by atoms with Crippen LogP contribution in [0.2, 0.25) is 0 Å². The van der Waals surface area contributed by atoms with Crippen LogP contribution < -0.4 is 5.43 Å². The molecule has 0 fully saturated rings. The summed E-state index contributed by atoms with van der Waals surface area (Å²) in [6.45, 7) is 0. The minimum Gasteiger partial charge on any atom is -0.508 e. The molecule has 1 aromatic heterocycles. The third-order valence-electron chi connectivity index (χ3n) is 5.35. The molecule has 1 atom stereocenters. The van der Waals surface area contributed by atoms with Crippen LogP contribution in [0.3, 0.4) is 0 Å². The van der Waals surface area contributed by atoms with Crippen LogP contribution in [-0.4, -0.2) is 28.4 Å². The van der Waals surface area contributed by atoms with Gasteiger partial charge in [0.25, 0.3) is 0 Å². The average molecular weight is 432 g/mol. The fraction of sp³-hybridized carbons (Fsp3) is 0.120. The van der Waals surface area contributed by atoms with Crippen molar-refractivity contribution in [1.82, 2.24) is 0 Å². The highest BCUT2D eigenvalue weighted by Gasteiger charge is 2.27. The number of phenolic OH excluding ortho intramolecular Hbond substituents is 3.